The number of Topliss-reactive ketones (excluding diaryl/α,β-unsaturated/α-hetero) is 2. The molecular formula is C19H15KO8. The average Bonchev–Trinajstić information content (AvgIpc) is 2.59. The molecule has 3 N–H and O–H groups in total. The number of phenols is 2. The van der Waals surface area contributed by atoms with Crippen LogP contribution in [0, 0.1) is 0 Å². The molecule has 0 unspecified atom stereocenters. The summed E-state index contributed by atoms with van der Waals surface area (Å²) in [6.45, 7) is 2.50. The molecule has 0 radical (unpaired) electrons. The summed E-state index contributed by atoms with van der Waals surface area (Å²) >= 11 is 0. The van der Waals surface area contributed by atoms with Gasteiger partial charge >= 0.3 is 57.4 Å². The van der Waals surface area contributed by atoms with Gasteiger partial charge in [0.25, 0.3) is 0 Å². The smallest absolute Gasteiger partial charge is 1.00 e. The fraction of sp³-hybridized carbons (Fsp3) is 0.105. The van der Waals surface area contributed by atoms with Crippen molar-refractivity contribution >= 4 is 29.1 Å². The fourth-order valence-electron chi connectivity index (χ4n) is 2.41. The maximum absolute atomic E-state index is 12.4. The Morgan fingerprint density at radius 3 is 1.86 bits per heavy atom. The second kappa shape index (κ2) is 9.35. The first-order chi connectivity index (χ1) is 12.6. The summed E-state index contributed by atoms with van der Waals surface area (Å²) in [5.74, 6) is -4.38. The van der Waals surface area contributed by atoms with E-state index >= 15 is 0 Å². The van der Waals surface area contributed by atoms with Gasteiger partial charge in [-0.2, -0.15) is 0 Å². The Hall–Kier alpha value is -2.17. The topological polar surface area (TPSA) is 146 Å². The van der Waals surface area contributed by atoms with E-state index in [0.29, 0.717) is 0 Å². The number of hydrogen-bond donors (Lipinski definition) is 3. The normalized spacial score (nSPS) is 11.2. The molecule has 2 aromatic carbocycles. The summed E-state index contributed by atoms with van der Waals surface area (Å²) in [4.78, 5) is 55.3. The molecule has 0 bridgehead atoms. The summed E-state index contributed by atoms with van der Waals surface area (Å²) in [6, 6.07) is 5.98. The number of benzene rings is 2. The molecule has 0 saturated heterocycles. The van der Waals surface area contributed by atoms with Gasteiger partial charge in [-0.3, -0.25) is 19.2 Å². The number of carbonyl (C=O) groups is 5. The van der Waals surface area contributed by atoms with Crippen LogP contribution in [0.4, 0.5) is 0 Å². The zero-order valence-corrected chi connectivity index (χ0v) is 18.4. The Kier molecular flexibility index (Phi) is 7.97. The Morgan fingerprint density at radius 2 is 1.36 bits per heavy atom. The molecule has 2 aromatic rings. The van der Waals surface area contributed by atoms with Crippen LogP contribution in [0.5, 0.6) is 11.5 Å². The Morgan fingerprint density at radius 1 is 0.821 bits per heavy atom. The summed E-state index contributed by atoms with van der Waals surface area (Å²) in [6.07, 6.45) is 0. The SMILES string of the molecule is CC(=O)C(C)=O.O=C(O)c1cc(O)c2c(c1)C(=O)c1cccc(O)c1C2=O.[H-].[K+]. The largest absolute Gasteiger partial charge is 1.00 e. The number of rotatable bonds is 2. The fourth-order valence-corrected chi connectivity index (χ4v) is 2.41. The van der Waals surface area contributed by atoms with Crippen molar-refractivity contribution in [2.45, 2.75) is 13.8 Å². The van der Waals surface area contributed by atoms with Crippen LogP contribution < -0.4 is 51.4 Å². The third kappa shape index (κ3) is 4.62. The minimum atomic E-state index is -1.32. The van der Waals surface area contributed by atoms with E-state index < -0.39 is 23.3 Å². The number of carboxylic acid groups (broad SMARTS) is 1. The predicted octanol–water partition coefficient (Wildman–Crippen LogP) is -1.15. The van der Waals surface area contributed by atoms with E-state index in [-0.39, 0.29) is 97.9 Å². The predicted molar refractivity (Wildman–Crippen MR) is 92.5 cm³/mol. The van der Waals surface area contributed by atoms with Crippen molar-refractivity contribution < 1.29 is 92.1 Å². The number of carboxylic acids is 1. The van der Waals surface area contributed by atoms with Crippen LogP contribution in [0.25, 0.3) is 0 Å². The molecule has 0 aliphatic heterocycles. The zero-order valence-electron chi connectivity index (χ0n) is 16.3. The van der Waals surface area contributed by atoms with Gasteiger partial charge in [0, 0.05) is 25.0 Å². The van der Waals surface area contributed by atoms with Crippen molar-refractivity contribution in [3.63, 3.8) is 0 Å². The molecule has 8 nitrogen and oxygen atoms in total. The maximum Gasteiger partial charge on any atom is 1.00 e. The first-order valence-electron chi connectivity index (χ1n) is 7.59. The van der Waals surface area contributed by atoms with Gasteiger partial charge in [0.05, 0.1) is 16.7 Å². The van der Waals surface area contributed by atoms with Gasteiger partial charge in [0.1, 0.15) is 11.5 Å². The van der Waals surface area contributed by atoms with Gasteiger partial charge in [-0.1, -0.05) is 12.1 Å². The Bertz CT molecular complexity index is 1020. The Balaban J connectivity index is 0.000000866. The molecule has 1 aliphatic rings. The molecule has 0 amide bonds. The first-order valence-corrected chi connectivity index (χ1v) is 7.59. The van der Waals surface area contributed by atoms with Crippen LogP contribution in [-0.2, 0) is 9.59 Å². The van der Waals surface area contributed by atoms with Gasteiger partial charge < -0.3 is 16.7 Å². The summed E-state index contributed by atoms with van der Waals surface area (Å²) in [5, 5.41) is 28.6. The van der Waals surface area contributed by atoms with E-state index in [4.69, 9.17) is 5.11 Å². The van der Waals surface area contributed by atoms with E-state index in [1.807, 2.05) is 0 Å². The third-order valence-corrected chi connectivity index (χ3v) is 3.85. The molecule has 0 atom stereocenters. The molecule has 3 rings (SSSR count). The second-order valence-electron chi connectivity index (χ2n) is 5.69. The van der Waals surface area contributed by atoms with Crippen LogP contribution in [0.1, 0.15) is 57.5 Å². The van der Waals surface area contributed by atoms with Crippen molar-refractivity contribution in [3.05, 3.63) is 58.1 Å². The van der Waals surface area contributed by atoms with Gasteiger partial charge in [-0.15, -0.1) is 0 Å². The summed E-state index contributed by atoms with van der Waals surface area (Å²) < 4.78 is 0. The van der Waals surface area contributed by atoms with Crippen molar-refractivity contribution in [1.29, 1.82) is 0 Å². The number of phenolic OH excluding ortho intramolecular Hbond substituents is 2. The van der Waals surface area contributed by atoms with Gasteiger partial charge in [0.2, 0.25) is 5.78 Å². The molecule has 28 heavy (non-hydrogen) atoms. The van der Waals surface area contributed by atoms with E-state index in [2.05, 4.69) is 0 Å². The Labute approximate surface area is 203 Å². The monoisotopic (exact) mass is 410 g/mol. The zero-order chi connectivity index (χ0) is 20.5. The van der Waals surface area contributed by atoms with Gasteiger partial charge in [0.15, 0.2) is 17.3 Å². The molecule has 140 valence electrons. The summed E-state index contributed by atoms with van der Waals surface area (Å²) in [7, 11) is 0. The average molecular weight is 410 g/mol. The van der Waals surface area contributed by atoms with Crippen LogP contribution in [0.2, 0.25) is 0 Å². The van der Waals surface area contributed by atoms with Crippen molar-refractivity contribution in [3.8, 4) is 11.5 Å². The summed E-state index contributed by atoms with van der Waals surface area (Å²) in [5.41, 5.74) is -0.978. The third-order valence-electron chi connectivity index (χ3n) is 3.85. The van der Waals surface area contributed by atoms with E-state index in [0.717, 1.165) is 12.1 Å². The molecular weight excluding hydrogens is 395 g/mol. The van der Waals surface area contributed by atoms with Crippen molar-refractivity contribution in [2.24, 2.45) is 0 Å². The standard InChI is InChI=1S/C15H8O6.C4H6O2.K.H/c16-9-3-1-2-7-11(9)14(19)12-8(13(7)18)4-6(15(20)21)5-10(12)17;1-3(5)4(2)6;;/h1-5,16-17H,(H,20,21);1-2H3;;/q;;+1;-1. The maximum atomic E-state index is 12.4. The molecule has 0 saturated carbocycles. The van der Waals surface area contributed by atoms with E-state index in [1.165, 1.54) is 32.0 Å². The molecule has 1 aliphatic carbocycles. The quantitative estimate of drug-likeness (QED) is 0.355. The number of carbonyl (C=O) groups excluding carboxylic acids is 4. The van der Waals surface area contributed by atoms with Crippen LogP contribution in [0.15, 0.2) is 30.3 Å². The molecule has 0 aromatic heterocycles. The first kappa shape index (κ1) is 23.9. The molecule has 0 fully saturated rings. The number of aromatic hydroxyl groups is 2. The second-order valence-corrected chi connectivity index (χ2v) is 5.69. The molecule has 0 heterocycles. The van der Waals surface area contributed by atoms with E-state index in [9.17, 15) is 34.2 Å². The number of aromatic carboxylic acids is 1. The van der Waals surface area contributed by atoms with Gasteiger partial charge in [-0.25, -0.2) is 4.79 Å². The van der Waals surface area contributed by atoms with Gasteiger partial charge in [-0.05, 0) is 18.2 Å². The van der Waals surface area contributed by atoms with Crippen LogP contribution in [0.3, 0.4) is 0 Å². The van der Waals surface area contributed by atoms with Crippen molar-refractivity contribution in [1.82, 2.24) is 0 Å². The van der Waals surface area contributed by atoms with Crippen molar-refractivity contribution in [2.75, 3.05) is 0 Å². The number of hydrogen-bond acceptors (Lipinski definition) is 7. The van der Waals surface area contributed by atoms with Crippen LogP contribution >= 0.6 is 0 Å². The van der Waals surface area contributed by atoms with E-state index in [1.54, 1.807) is 0 Å². The minimum Gasteiger partial charge on any atom is -1.00 e. The van der Waals surface area contributed by atoms with Crippen LogP contribution in [-0.4, -0.2) is 44.4 Å². The minimum absolute atomic E-state index is 0. The molecule has 0 spiro atoms. The number of fused-ring (bicyclic) bond motifs is 2. The number of ketones is 4. The molecule has 9 heteroatoms.